The highest BCUT2D eigenvalue weighted by atomic mass is 32.1. The molecule has 0 aliphatic carbocycles. The minimum Gasteiger partial charge on any atom is -0.459 e. The second-order valence-electron chi connectivity index (χ2n) is 4.40. The van der Waals surface area contributed by atoms with Gasteiger partial charge < -0.3 is 10.1 Å². The third kappa shape index (κ3) is 4.66. The maximum Gasteiger partial charge on any atom is 0.306 e. The van der Waals surface area contributed by atoms with Gasteiger partial charge in [-0.05, 0) is 18.6 Å². The summed E-state index contributed by atoms with van der Waals surface area (Å²) in [5, 5.41) is 5.92. The molecule has 0 atom stereocenters. The normalized spacial score (nSPS) is 10.2. The van der Waals surface area contributed by atoms with Crippen LogP contribution in [0.25, 0.3) is 0 Å². The summed E-state index contributed by atoms with van der Waals surface area (Å²) in [6, 6.07) is 9.85. The van der Waals surface area contributed by atoms with E-state index in [0.29, 0.717) is 6.42 Å². The first-order valence-electron chi connectivity index (χ1n) is 6.70. The van der Waals surface area contributed by atoms with Crippen molar-refractivity contribution in [3.63, 3.8) is 0 Å². The van der Waals surface area contributed by atoms with Gasteiger partial charge in [0.15, 0.2) is 5.13 Å². The molecule has 0 unspecified atom stereocenters. The first-order valence-corrected chi connectivity index (χ1v) is 7.58. The highest BCUT2D eigenvalue weighted by molar-refractivity contribution is 7.13. The number of carbonyl (C=O) groups is 1. The van der Waals surface area contributed by atoms with Crippen LogP contribution in [0.1, 0.15) is 31.9 Å². The second kappa shape index (κ2) is 7.65. The van der Waals surface area contributed by atoms with E-state index in [9.17, 15) is 4.79 Å². The molecule has 4 nitrogen and oxygen atoms in total. The number of thiazole rings is 1. The minimum absolute atomic E-state index is 0.155. The lowest BCUT2D eigenvalue weighted by Crippen LogP contribution is -2.04. The largest absolute Gasteiger partial charge is 0.459 e. The van der Waals surface area contributed by atoms with E-state index in [1.54, 1.807) is 0 Å². The average molecular weight is 290 g/mol. The van der Waals surface area contributed by atoms with E-state index >= 15 is 0 Å². The Hall–Kier alpha value is -1.88. The van der Waals surface area contributed by atoms with E-state index in [4.69, 9.17) is 4.74 Å². The lowest BCUT2D eigenvalue weighted by molar-refractivity contribution is -0.145. The number of unbranched alkanes of at least 4 members (excludes halogenated alkanes) is 1. The summed E-state index contributed by atoms with van der Waals surface area (Å²) in [4.78, 5) is 15.8. The van der Waals surface area contributed by atoms with E-state index in [-0.39, 0.29) is 12.6 Å². The van der Waals surface area contributed by atoms with Gasteiger partial charge in [-0.2, -0.15) is 0 Å². The third-order valence-corrected chi connectivity index (χ3v) is 3.50. The van der Waals surface area contributed by atoms with Crippen LogP contribution in [-0.2, 0) is 16.1 Å². The molecule has 0 saturated heterocycles. The fraction of sp³-hybridized carbons (Fsp3) is 0.333. The Morgan fingerprint density at radius 3 is 2.90 bits per heavy atom. The molecule has 5 heteroatoms. The van der Waals surface area contributed by atoms with Gasteiger partial charge in [0.25, 0.3) is 0 Å². The molecule has 1 heterocycles. The number of rotatable bonds is 7. The number of nitrogens with one attached hydrogen (secondary N) is 1. The summed E-state index contributed by atoms with van der Waals surface area (Å²) in [5.41, 5.74) is 1.77. The van der Waals surface area contributed by atoms with Crippen LogP contribution in [-0.4, -0.2) is 11.0 Å². The Labute approximate surface area is 122 Å². The molecule has 1 aromatic heterocycles. The van der Waals surface area contributed by atoms with E-state index < -0.39 is 0 Å². The number of hydrogen-bond donors (Lipinski definition) is 1. The van der Waals surface area contributed by atoms with Gasteiger partial charge in [0, 0.05) is 17.5 Å². The maximum absolute atomic E-state index is 11.4. The number of ether oxygens (including phenoxy) is 1. The van der Waals surface area contributed by atoms with Crippen LogP contribution < -0.4 is 5.32 Å². The van der Waals surface area contributed by atoms with E-state index in [1.807, 2.05) is 35.7 Å². The van der Waals surface area contributed by atoms with Crippen LogP contribution in [0.2, 0.25) is 0 Å². The molecule has 0 radical (unpaired) electrons. The minimum atomic E-state index is -0.155. The Balaban J connectivity index is 1.82. The van der Waals surface area contributed by atoms with Crippen LogP contribution in [0.4, 0.5) is 10.8 Å². The molecule has 0 spiro atoms. The fourth-order valence-corrected chi connectivity index (χ4v) is 2.34. The monoisotopic (exact) mass is 290 g/mol. The topological polar surface area (TPSA) is 51.2 Å². The van der Waals surface area contributed by atoms with E-state index in [0.717, 1.165) is 29.4 Å². The standard InChI is InChI=1S/C15H18N2O2S/c1-2-3-9-14(18)19-10-13-11-20-15(17-13)16-12-7-5-4-6-8-12/h4-8,11H,2-3,9-10H2,1H3,(H,16,17). The average Bonchev–Trinajstić information content (AvgIpc) is 2.91. The second-order valence-corrected chi connectivity index (χ2v) is 5.26. The summed E-state index contributed by atoms with van der Waals surface area (Å²) in [6.07, 6.45) is 2.35. The molecule has 2 aromatic rings. The van der Waals surface area contributed by atoms with Gasteiger partial charge in [-0.1, -0.05) is 31.5 Å². The summed E-state index contributed by atoms with van der Waals surface area (Å²) < 4.78 is 5.17. The number of hydrogen-bond acceptors (Lipinski definition) is 5. The van der Waals surface area contributed by atoms with Crippen molar-refractivity contribution < 1.29 is 9.53 Å². The highest BCUT2D eigenvalue weighted by Crippen LogP contribution is 2.21. The molecule has 0 fully saturated rings. The number of aromatic nitrogens is 1. The first-order chi connectivity index (χ1) is 9.78. The van der Waals surface area contributed by atoms with E-state index in [1.165, 1.54) is 11.3 Å². The summed E-state index contributed by atoms with van der Waals surface area (Å²) in [6.45, 7) is 2.30. The quantitative estimate of drug-likeness (QED) is 0.779. The zero-order valence-electron chi connectivity index (χ0n) is 11.5. The van der Waals surface area contributed by atoms with Crippen molar-refractivity contribution in [1.29, 1.82) is 0 Å². The van der Waals surface area contributed by atoms with Crippen LogP contribution in [0.3, 0.4) is 0 Å². The number of para-hydroxylation sites is 1. The van der Waals surface area contributed by atoms with Crippen molar-refractivity contribution in [3.8, 4) is 0 Å². The summed E-state index contributed by atoms with van der Waals surface area (Å²) in [7, 11) is 0. The number of benzene rings is 1. The van der Waals surface area contributed by atoms with Crippen molar-refractivity contribution >= 4 is 28.1 Å². The van der Waals surface area contributed by atoms with Crippen LogP contribution in [0.5, 0.6) is 0 Å². The van der Waals surface area contributed by atoms with Gasteiger partial charge in [0.05, 0.1) is 5.69 Å². The molecule has 1 N–H and O–H groups in total. The Kier molecular flexibility index (Phi) is 5.55. The van der Waals surface area contributed by atoms with Crippen LogP contribution in [0, 0.1) is 0 Å². The molecule has 0 aliphatic rings. The summed E-state index contributed by atoms with van der Waals surface area (Å²) >= 11 is 1.50. The molecule has 0 bridgehead atoms. The fourth-order valence-electron chi connectivity index (χ4n) is 1.62. The maximum atomic E-state index is 11.4. The first kappa shape index (κ1) is 14.5. The Morgan fingerprint density at radius 1 is 1.35 bits per heavy atom. The van der Waals surface area contributed by atoms with Crippen molar-refractivity contribution in [2.75, 3.05) is 5.32 Å². The molecular formula is C15H18N2O2S. The third-order valence-electron chi connectivity index (χ3n) is 2.69. The van der Waals surface area contributed by atoms with Crippen molar-refractivity contribution in [1.82, 2.24) is 4.98 Å². The predicted octanol–water partition coefficient (Wildman–Crippen LogP) is 4.12. The van der Waals surface area contributed by atoms with Crippen LogP contribution >= 0.6 is 11.3 Å². The zero-order valence-corrected chi connectivity index (χ0v) is 12.3. The molecule has 20 heavy (non-hydrogen) atoms. The van der Waals surface area contributed by atoms with Crippen molar-refractivity contribution in [2.45, 2.75) is 32.8 Å². The van der Waals surface area contributed by atoms with Gasteiger partial charge in [-0.3, -0.25) is 4.79 Å². The zero-order chi connectivity index (χ0) is 14.2. The lowest BCUT2D eigenvalue weighted by atomic mass is 10.2. The van der Waals surface area contributed by atoms with Crippen molar-refractivity contribution in [2.24, 2.45) is 0 Å². The Bertz CT molecular complexity index is 540. The molecule has 0 aliphatic heterocycles. The SMILES string of the molecule is CCCCC(=O)OCc1csc(Nc2ccccc2)n1. The van der Waals surface area contributed by atoms with Gasteiger partial charge in [0.2, 0.25) is 0 Å². The van der Waals surface area contributed by atoms with Gasteiger partial charge in [0.1, 0.15) is 6.61 Å². The van der Waals surface area contributed by atoms with Crippen molar-refractivity contribution in [3.05, 3.63) is 41.4 Å². The number of anilines is 2. The molecule has 106 valence electrons. The number of nitrogens with zero attached hydrogens (tertiary/aromatic N) is 1. The summed E-state index contributed by atoms with van der Waals surface area (Å²) in [5.74, 6) is -0.155. The lowest BCUT2D eigenvalue weighted by Gasteiger charge is -2.02. The highest BCUT2D eigenvalue weighted by Gasteiger charge is 2.06. The Morgan fingerprint density at radius 2 is 2.15 bits per heavy atom. The molecule has 0 saturated carbocycles. The smallest absolute Gasteiger partial charge is 0.306 e. The molecular weight excluding hydrogens is 272 g/mol. The molecule has 0 amide bonds. The predicted molar refractivity (Wildman–Crippen MR) is 81.2 cm³/mol. The van der Waals surface area contributed by atoms with Gasteiger partial charge in [-0.15, -0.1) is 11.3 Å². The molecule has 1 aromatic carbocycles. The van der Waals surface area contributed by atoms with Crippen LogP contribution in [0.15, 0.2) is 35.7 Å². The number of carbonyl (C=O) groups excluding carboxylic acids is 1. The van der Waals surface area contributed by atoms with Gasteiger partial charge >= 0.3 is 5.97 Å². The van der Waals surface area contributed by atoms with E-state index in [2.05, 4.69) is 17.2 Å². The molecule has 2 rings (SSSR count). The van der Waals surface area contributed by atoms with Gasteiger partial charge in [-0.25, -0.2) is 4.98 Å². The number of esters is 1.